The number of carbonyl (C=O) groups is 2. The first-order valence-corrected chi connectivity index (χ1v) is 5.86. The maximum atomic E-state index is 11.8. The fraction of sp³-hybridized carbons (Fsp3) is 0.333. The van der Waals surface area contributed by atoms with E-state index in [4.69, 9.17) is 23.1 Å². The minimum absolute atomic E-state index is 0.256. The second kappa shape index (κ2) is 5.84. The van der Waals surface area contributed by atoms with E-state index in [-0.39, 0.29) is 23.4 Å². The number of anilines is 1. The highest BCUT2D eigenvalue weighted by Gasteiger charge is 2.18. The number of amides is 2. The van der Waals surface area contributed by atoms with Crippen LogP contribution < -0.4 is 16.8 Å². The van der Waals surface area contributed by atoms with Crippen molar-refractivity contribution in [3.8, 4) is 0 Å². The summed E-state index contributed by atoms with van der Waals surface area (Å²) in [5.41, 5.74) is 11.4. The maximum Gasteiger partial charge on any atom is 0.248 e. The average Bonchev–Trinajstić information content (AvgIpc) is 2.30. The minimum Gasteiger partial charge on any atom is -0.366 e. The van der Waals surface area contributed by atoms with E-state index >= 15 is 0 Å². The molecule has 2 unspecified atom stereocenters. The van der Waals surface area contributed by atoms with E-state index in [9.17, 15) is 9.59 Å². The third-order valence-electron chi connectivity index (χ3n) is 2.71. The Kier molecular flexibility index (Phi) is 4.69. The molecule has 0 radical (unpaired) electrons. The monoisotopic (exact) mass is 269 g/mol. The van der Waals surface area contributed by atoms with E-state index < -0.39 is 5.91 Å². The third kappa shape index (κ3) is 3.45. The van der Waals surface area contributed by atoms with Crippen LogP contribution in [0.1, 0.15) is 24.2 Å². The van der Waals surface area contributed by atoms with E-state index in [1.54, 1.807) is 13.8 Å². The fourth-order valence-corrected chi connectivity index (χ4v) is 1.42. The molecule has 0 aliphatic carbocycles. The molecule has 0 saturated carbocycles. The van der Waals surface area contributed by atoms with Crippen molar-refractivity contribution in [1.29, 1.82) is 0 Å². The normalized spacial score (nSPS) is 13.8. The first-order chi connectivity index (χ1) is 8.32. The molecule has 98 valence electrons. The van der Waals surface area contributed by atoms with Gasteiger partial charge in [0.1, 0.15) is 0 Å². The second-order valence-corrected chi connectivity index (χ2v) is 4.60. The Morgan fingerprint density at radius 3 is 2.44 bits per heavy atom. The lowest BCUT2D eigenvalue weighted by molar-refractivity contribution is -0.119. The molecule has 6 heteroatoms. The third-order valence-corrected chi connectivity index (χ3v) is 3.04. The van der Waals surface area contributed by atoms with Gasteiger partial charge < -0.3 is 16.8 Å². The second-order valence-electron chi connectivity index (χ2n) is 4.20. The molecular weight excluding hydrogens is 254 g/mol. The van der Waals surface area contributed by atoms with Gasteiger partial charge >= 0.3 is 0 Å². The van der Waals surface area contributed by atoms with Crippen molar-refractivity contribution in [3.63, 3.8) is 0 Å². The Hall–Kier alpha value is -1.59. The topological polar surface area (TPSA) is 98.2 Å². The smallest absolute Gasteiger partial charge is 0.248 e. The summed E-state index contributed by atoms with van der Waals surface area (Å²) in [6.07, 6.45) is 0. The van der Waals surface area contributed by atoms with Crippen LogP contribution in [-0.2, 0) is 4.79 Å². The van der Waals surface area contributed by atoms with E-state index in [0.717, 1.165) is 0 Å². The fourth-order valence-electron chi connectivity index (χ4n) is 1.26. The summed E-state index contributed by atoms with van der Waals surface area (Å²) >= 11 is 5.93. The Morgan fingerprint density at radius 1 is 1.33 bits per heavy atom. The first kappa shape index (κ1) is 14.5. The zero-order valence-electron chi connectivity index (χ0n) is 10.2. The largest absolute Gasteiger partial charge is 0.366 e. The predicted octanol–water partition coefficient (Wildman–Crippen LogP) is 1.36. The van der Waals surface area contributed by atoms with Gasteiger partial charge in [0, 0.05) is 11.6 Å². The van der Waals surface area contributed by atoms with Crippen molar-refractivity contribution in [1.82, 2.24) is 0 Å². The van der Waals surface area contributed by atoms with Gasteiger partial charge in [0.15, 0.2) is 0 Å². The summed E-state index contributed by atoms with van der Waals surface area (Å²) in [5.74, 6) is -1.20. The quantitative estimate of drug-likeness (QED) is 0.770. The highest BCUT2D eigenvalue weighted by molar-refractivity contribution is 6.33. The molecular formula is C12H16ClN3O2. The highest BCUT2D eigenvalue weighted by atomic mass is 35.5. The van der Waals surface area contributed by atoms with Gasteiger partial charge in [-0.3, -0.25) is 9.59 Å². The molecule has 2 atom stereocenters. The number of nitrogens with one attached hydrogen (secondary N) is 1. The SMILES string of the molecule is CC(N)C(C)C(=O)Nc1cc(C(N)=O)ccc1Cl. The van der Waals surface area contributed by atoms with Crippen LogP contribution in [0.4, 0.5) is 5.69 Å². The van der Waals surface area contributed by atoms with Crippen molar-refractivity contribution in [2.45, 2.75) is 19.9 Å². The molecule has 5 nitrogen and oxygen atoms in total. The molecule has 0 bridgehead atoms. The van der Waals surface area contributed by atoms with Crippen LogP contribution in [0.15, 0.2) is 18.2 Å². The zero-order chi connectivity index (χ0) is 13.9. The van der Waals surface area contributed by atoms with E-state index in [1.165, 1.54) is 18.2 Å². The Balaban J connectivity index is 2.93. The first-order valence-electron chi connectivity index (χ1n) is 5.48. The van der Waals surface area contributed by atoms with Crippen molar-refractivity contribution in [3.05, 3.63) is 28.8 Å². The number of hydrogen-bond acceptors (Lipinski definition) is 3. The number of nitrogens with two attached hydrogens (primary N) is 2. The predicted molar refractivity (Wildman–Crippen MR) is 71.4 cm³/mol. The molecule has 2 amide bonds. The number of benzene rings is 1. The van der Waals surface area contributed by atoms with Gasteiger partial charge in [-0.05, 0) is 25.1 Å². The number of rotatable bonds is 4. The van der Waals surface area contributed by atoms with Crippen molar-refractivity contribution in [2.75, 3.05) is 5.32 Å². The van der Waals surface area contributed by atoms with Crippen molar-refractivity contribution in [2.24, 2.45) is 17.4 Å². The van der Waals surface area contributed by atoms with Crippen LogP contribution in [0.25, 0.3) is 0 Å². The zero-order valence-corrected chi connectivity index (χ0v) is 11.0. The molecule has 0 aliphatic heterocycles. The van der Waals surface area contributed by atoms with Crippen LogP contribution in [0.2, 0.25) is 5.02 Å². The van der Waals surface area contributed by atoms with E-state index in [2.05, 4.69) is 5.32 Å². The van der Waals surface area contributed by atoms with Gasteiger partial charge in [0.25, 0.3) is 0 Å². The summed E-state index contributed by atoms with van der Waals surface area (Å²) in [6, 6.07) is 4.17. The molecule has 0 heterocycles. The lowest BCUT2D eigenvalue weighted by Gasteiger charge is -2.16. The van der Waals surface area contributed by atoms with Crippen LogP contribution in [-0.4, -0.2) is 17.9 Å². The van der Waals surface area contributed by atoms with Crippen LogP contribution >= 0.6 is 11.6 Å². The van der Waals surface area contributed by atoms with Gasteiger partial charge in [-0.1, -0.05) is 18.5 Å². The number of primary amides is 1. The molecule has 0 aliphatic rings. The lowest BCUT2D eigenvalue weighted by atomic mass is 10.0. The molecule has 1 aromatic rings. The van der Waals surface area contributed by atoms with Crippen LogP contribution in [0, 0.1) is 5.92 Å². The van der Waals surface area contributed by atoms with Crippen molar-refractivity contribution < 1.29 is 9.59 Å². The molecule has 0 saturated heterocycles. The summed E-state index contributed by atoms with van der Waals surface area (Å²) in [5, 5.41) is 2.97. The van der Waals surface area contributed by atoms with Crippen LogP contribution in [0.3, 0.4) is 0 Å². The van der Waals surface area contributed by atoms with Gasteiger partial charge in [-0.2, -0.15) is 0 Å². The summed E-state index contributed by atoms with van der Waals surface area (Å²) in [7, 11) is 0. The number of carbonyl (C=O) groups excluding carboxylic acids is 2. The number of halogens is 1. The lowest BCUT2D eigenvalue weighted by Crippen LogP contribution is -2.34. The number of hydrogen-bond donors (Lipinski definition) is 3. The molecule has 18 heavy (non-hydrogen) atoms. The van der Waals surface area contributed by atoms with Gasteiger partial charge in [0.2, 0.25) is 11.8 Å². The van der Waals surface area contributed by atoms with E-state index in [1.807, 2.05) is 0 Å². The maximum absolute atomic E-state index is 11.8. The van der Waals surface area contributed by atoms with Crippen LogP contribution in [0.5, 0.6) is 0 Å². The van der Waals surface area contributed by atoms with Crippen molar-refractivity contribution >= 4 is 29.1 Å². The van der Waals surface area contributed by atoms with Gasteiger partial charge in [0.05, 0.1) is 16.6 Å². The van der Waals surface area contributed by atoms with Gasteiger partial charge in [-0.25, -0.2) is 0 Å². The Labute approximate surface area is 110 Å². The minimum atomic E-state index is -0.581. The molecule has 1 aromatic carbocycles. The Bertz CT molecular complexity index is 474. The molecule has 5 N–H and O–H groups in total. The molecule has 0 fully saturated rings. The van der Waals surface area contributed by atoms with Gasteiger partial charge in [-0.15, -0.1) is 0 Å². The molecule has 0 spiro atoms. The molecule has 1 rings (SSSR count). The summed E-state index contributed by atoms with van der Waals surface area (Å²) < 4.78 is 0. The standard InChI is InChI=1S/C12H16ClN3O2/c1-6(7(2)14)12(18)16-10-5-8(11(15)17)3-4-9(10)13/h3-7H,14H2,1-2H3,(H2,15,17)(H,16,18). The Morgan fingerprint density at radius 2 is 1.94 bits per heavy atom. The van der Waals surface area contributed by atoms with E-state index in [0.29, 0.717) is 10.7 Å². The summed E-state index contributed by atoms with van der Waals surface area (Å²) in [6.45, 7) is 3.46. The highest BCUT2D eigenvalue weighted by Crippen LogP contribution is 2.23. The average molecular weight is 270 g/mol. The molecule has 0 aromatic heterocycles. The summed E-state index contributed by atoms with van der Waals surface area (Å²) in [4.78, 5) is 22.9.